The van der Waals surface area contributed by atoms with Gasteiger partial charge in [-0.2, -0.15) is 5.10 Å². The highest BCUT2D eigenvalue weighted by Gasteiger charge is 2.35. The summed E-state index contributed by atoms with van der Waals surface area (Å²) in [5.74, 6) is 1.49. The number of furan rings is 1. The zero-order valence-electron chi connectivity index (χ0n) is 12.9. The van der Waals surface area contributed by atoms with Crippen molar-refractivity contribution in [2.75, 3.05) is 0 Å². The van der Waals surface area contributed by atoms with Crippen LogP contribution in [0.25, 0.3) is 0 Å². The van der Waals surface area contributed by atoms with Crippen LogP contribution in [0.3, 0.4) is 0 Å². The molecule has 0 radical (unpaired) electrons. The molecule has 116 valence electrons. The smallest absolute Gasteiger partial charge is 0.272 e. The molecule has 3 rings (SSSR count). The van der Waals surface area contributed by atoms with Gasteiger partial charge in [0.2, 0.25) is 0 Å². The molecule has 0 aliphatic heterocycles. The van der Waals surface area contributed by atoms with Crippen molar-refractivity contribution in [1.82, 2.24) is 15.5 Å². The van der Waals surface area contributed by atoms with E-state index in [0.717, 1.165) is 29.9 Å². The summed E-state index contributed by atoms with van der Waals surface area (Å²) in [6.45, 7) is 6.23. The molecular formula is C16H19N3O3. The normalized spacial score (nSPS) is 19.5. The molecule has 1 aliphatic rings. The Morgan fingerprint density at radius 3 is 2.91 bits per heavy atom. The summed E-state index contributed by atoms with van der Waals surface area (Å²) in [5.41, 5.74) is 0.954. The Balaban J connectivity index is 1.86. The number of fused-ring (bicyclic) bond motifs is 1. The Hall–Kier alpha value is -2.37. The summed E-state index contributed by atoms with van der Waals surface area (Å²) in [6, 6.07) is 4.58. The summed E-state index contributed by atoms with van der Waals surface area (Å²) in [6.07, 6.45) is 1.69. The molecule has 0 saturated heterocycles. The number of amides is 1. The minimum absolute atomic E-state index is 0.0493. The number of carbonyl (C=O) groups excluding carboxylic acids is 1. The molecule has 0 spiro atoms. The summed E-state index contributed by atoms with van der Waals surface area (Å²) < 4.78 is 5.76. The number of nitrogens with one attached hydrogen (secondary N) is 2. The van der Waals surface area contributed by atoms with Crippen LogP contribution < -0.4 is 10.9 Å². The van der Waals surface area contributed by atoms with E-state index in [0.29, 0.717) is 0 Å². The summed E-state index contributed by atoms with van der Waals surface area (Å²) in [5, 5.41) is 9.04. The van der Waals surface area contributed by atoms with Gasteiger partial charge in [0, 0.05) is 18.1 Å². The molecule has 0 aromatic carbocycles. The fourth-order valence-electron chi connectivity index (χ4n) is 3.02. The number of aromatic nitrogens is 2. The van der Waals surface area contributed by atoms with Crippen molar-refractivity contribution in [2.45, 2.75) is 39.7 Å². The van der Waals surface area contributed by atoms with Gasteiger partial charge in [-0.15, -0.1) is 0 Å². The van der Waals surface area contributed by atoms with Crippen LogP contribution in [-0.2, 0) is 6.42 Å². The van der Waals surface area contributed by atoms with Gasteiger partial charge in [-0.1, -0.05) is 13.8 Å². The number of hydrogen-bond acceptors (Lipinski definition) is 4. The van der Waals surface area contributed by atoms with Gasteiger partial charge in [0.25, 0.3) is 11.5 Å². The minimum Gasteiger partial charge on any atom is -0.466 e. The van der Waals surface area contributed by atoms with E-state index in [2.05, 4.69) is 29.4 Å². The van der Waals surface area contributed by atoms with E-state index in [9.17, 15) is 9.59 Å². The topological polar surface area (TPSA) is 88.0 Å². The van der Waals surface area contributed by atoms with E-state index in [1.807, 2.05) is 13.0 Å². The van der Waals surface area contributed by atoms with E-state index in [-0.39, 0.29) is 28.6 Å². The maximum atomic E-state index is 12.3. The van der Waals surface area contributed by atoms with Crippen LogP contribution in [0.4, 0.5) is 0 Å². The third kappa shape index (κ3) is 2.81. The maximum Gasteiger partial charge on any atom is 0.272 e. The summed E-state index contributed by atoms with van der Waals surface area (Å²) in [4.78, 5) is 23.3. The van der Waals surface area contributed by atoms with Crippen LogP contribution in [0, 0.1) is 12.3 Å². The van der Waals surface area contributed by atoms with Gasteiger partial charge in [-0.05, 0) is 30.9 Å². The zero-order chi connectivity index (χ0) is 15.9. The van der Waals surface area contributed by atoms with E-state index in [1.54, 1.807) is 0 Å². The molecule has 2 heterocycles. The molecular weight excluding hydrogens is 282 g/mol. The van der Waals surface area contributed by atoms with Gasteiger partial charge in [0.1, 0.15) is 17.2 Å². The number of hydrogen-bond donors (Lipinski definition) is 2. The fourth-order valence-corrected chi connectivity index (χ4v) is 3.02. The molecule has 1 atom stereocenters. The molecule has 0 bridgehead atoms. The lowest BCUT2D eigenvalue weighted by Crippen LogP contribution is -2.36. The Labute approximate surface area is 127 Å². The summed E-state index contributed by atoms with van der Waals surface area (Å²) >= 11 is 0. The number of aromatic amines is 1. The molecule has 6 heteroatoms. The van der Waals surface area contributed by atoms with Crippen LogP contribution in [0.2, 0.25) is 0 Å². The maximum absolute atomic E-state index is 12.3. The highest BCUT2D eigenvalue weighted by atomic mass is 16.3. The molecule has 6 nitrogen and oxygen atoms in total. The second-order valence-corrected chi connectivity index (χ2v) is 6.61. The van der Waals surface area contributed by atoms with E-state index < -0.39 is 0 Å². The Bertz CT molecular complexity index is 753. The lowest BCUT2D eigenvalue weighted by Gasteiger charge is -2.34. The lowest BCUT2D eigenvalue weighted by atomic mass is 9.74. The van der Waals surface area contributed by atoms with Gasteiger partial charge < -0.3 is 9.73 Å². The average molecular weight is 301 g/mol. The number of carbonyl (C=O) groups is 1. The van der Waals surface area contributed by atoms with Crippen LogP contribution in [0.1, 0.15) is 53.9 Å². The van der Waals surface area contributed by atoms with Crippen molar-refractivity contribution in [3.63, 3.8) is 0 Å². The zero-order valence-corrected chi connectivity index (χ0v) is 12.9. The van der Waals surface area contributed by atoms with E-state index in [4.69, 9.17) is 4.42 Å². The van der Waals surface area contributed by atoms with Gasteiger partial charge in [0.15, 0.2) is 0 Å². The van der Waals surface area contributed by atoms with Crippen LogP contribution in [0.15, 0.2) is 27.4 Å². The predicted octanol–water partition coefficient (Wildman–Crippen LogP) is 2.11. The SMILES string of the molecule is Cc1cc2c(o1)CC(C)(C)C[C@@H]2NC(=O)c1ccc(=O)[nH]n1. The monoisotopic (exact) mass is 301 g/mol. The third-order valence-corrected chi connectivity index (χ3v) is 3.95. The van der Waals surface area contributed by atoms with Crippen molar-refractivity contribution in [2.24, 2.45) is 5.41 Å². The predicted molar refractivity (Wildman–Crippen MR) is 80.6 cm³/mol. The Kier molecular flexibility index (Phi) is 3.39. The fraction of sp³-hybridized carbons (Fsp3) is 0.438. The van der Waals surface area contributed by atoms with Gasteiger partial charge in [0.05, 0.1) is 6.04 Å². The molecule has 22 heavy (non-hydrogen) atoms. The molecule has 0 saturated carbocycles. The first-order valence-electron chi connectivity index (χ1n) is 7.30. The van der Waals surface area contributed by atoms with Gasteiger partial charge in [-0.25, -0.2) is 5.10 Å². The van der Waals surface area contributed by atoms with Crippen LogP contribution >= 0.6 is 0 Å². The van der Waals surface area contributed by atoms with E-state index >= 15 is 0 Å². The molecule has 2 aromatic heterocycles. The van der Waals surface area contributed by atoms with Gasteiger partial charge in [-0.3, -0.25) is 9.59 Å². The number of H-pyrrole nitrogens is 1. The van der Waals surface area contributed by atoms with Crippen molar-refractivity contribution >= 4 is 5.91 Å². The van der Waals surface area contributed by atoms with Gasteiger partial charge >= 0.3 is 0 Å². The molecule has 0 fully saturated rings. The minimum atomic E-state index is -0.330. The molecule has 1 amide bonds. The van der Waals surface area contributed by atoms with E-state index in [1.165, 1.54) is 12.1 Å². The first kappa shape index (κ1) is 14.6. The Morgan fingerprint density at radius 2 is 2.23 bits per heavy atom. The molecule has 0 unspecified atom stereocenters. The second kappa shape index (κ2) is 5.12. The van der Waals surface area contributed by atoms with Crippen molar-refractivity contribution in [3.05, 3.63) is 51.3 Å². The van der Waals surface area contributed by atoms with Crippen molar-refractivity contribution in [1.29, 1.82) is 0 Å². The number of aryl methyl sites for hydroxylation is 1. The highest BCUT2D eigenvalue weighted by molar-refractivity contribution is 5.92. The largest absolute Gasteiger partial charge is 0.466 e. The van der Waals surface area contributed by atoms with Crippen LogP contribution in [-0.4, -0.2) is 16.1 Å². The molecule has 2 aromatic rings. The quantitative estimate of drug-likeness (QED) is 0.889. The molecule has 1 aliphatic carbocycles. The third-order valence-electron chi connectivity index (χ3n) is 3.95. The lowest BCUT2D eigenvalue weighted by molar-refractivity contribution is 0.0911. The van der Waals surface area contributed by atoms with Crippen LogP contribution in [0.5, 0.6) is 0 Å². The van der Waals surface area contributed by atoms with Crippen molar-refractivity contribution < 1.29 is 9.21 Å². The van der Waals surface area contributed by atoms with Crippen molar-refractivity contribution in [3.8, 4) is 0 Å². The highest BCUT2D eigenvalue weighted by Crippen LogP contribution is 2.42. The summed E-state index contributed by atoms with van der Waals surface area (Å²) in [7, 11) is 0. The molecule has 2 N–H and O–H groups in total. The Morgan fingerprint density at radius 1 is 1.45 bits per heavy atom. The first-order chi connectivity index (χ1) is 10.3. The number of rotatable bonds is 2. The number of nitrogens with zero attached hydrogens (tertiary/aromatic N) is 1. The first-order valence-corrected chi connectivity index (χ1v) is 7.30. The standard InChI is InChI=1S/C16H19N3O3/c1-9-6-10-12(7-16(2,3)8-13(10)22-9)17-15(21)11-4-5-14(20)19-18-11/h4-6,12H,7-8H2,1-3H3,(H,17,21)(H,19,20)/t12-/m0/s1. The average Bonchev–Trinajstić information content (AvgIpc) is 2.78. The second-order valence-electron chi connectivity index (χ2n) is 6.61.